The van der Waals surface area contributed by atoms with Gasteiger partial charge < -0.3 is 25.4 Å². The largest absolute Gasteiger partial charge is 0.381 e. The number of para-hydroxylation sites is 2. The fourth-order valence-electron chi connectivity index (χ4n) is 2.93. The third-order valence-electron chi connectivity index (χ3n) is 4.51. The Labute approximate surface area is 189 Å². The molecule has 0 unspecified atom stereocenters. The zero-order chi connectivity index (χ0) is 20.0. The molecule has 2 rings (SSSR count). The first-order valence-corrected chi connectivity index (χ1v) is 9.78. The maximum Gasteiger partial charge on any atom is 0.292 e. The fourth-order valence-corrected chi connectivity index (χ4v) is 2.93. The Morgan fingerprint density at radius 3 is 2.69 bits per heavy atom. The van der Waals surface area contributed by atoms with Crippen molar-refractivity contribution in [1.82, 2.24) is 10.6 Å². The van der Waals surface area contributed by atoms with Gasteiger partial charge >= 0.3 is 0 Å². The summed E-state index contributed by atoms with van der Waals surface area (Å²) in [6, 6.07) is 6.61. The van der Waals surface area contributed by atoms with E-state index >= 15 is 0 Å². The maximum atomic E-state index is 11.0. The zero-order valence-electron chi connectivity index (χ0n) is 16.9. The van der Waals surface area contributed by atoms with Crippen molar-refractivity contribution in [2.75, 3.05) is 58.4 Å². The second kappa shape index (κ2) is 15.2. The first-order valence-electron chi connectivity index (χ1n) is 9.78. The minimum atomic E-state index is -0.389. The molecule has 29 heavy (non-hydrogen) atoms. The molecule has 1 aromatic carbocycles. The number of halogens is 1. The van der Waals surface area contributed by atoms with E-state index in [1.807, 2.05) is 0 Å². The van der Waals surface area contributed by atoms with Crippen molar-refractivity contribution in [2.24, 2.45) is 10.9 Å². The summed E-state index contributed by atoms with van der Waals surface area (Å²) >= 11 is 0. The summed E-state index contributed by atoms with van der Waals surface area (Å²) in [7, 11) is 1.71. The van der Waals surface area contributed by atoms with Gasteiger partial charge in [0.15, 0.2) is 5.96 Å². The van der Waals surface area contributed by atoms with Gasteiger partial charge in [0, 0.05) is 59.2 Å². The van der Waals surface area contributed by atoms with Gasteiger partial charge in [-0.1, -0.05) is 12.1 Å². The van der Waals surface area contributed by atoms with Crippen molar-refractivity contribution in [2.45, 2.75) is 19.3 Å². The molecule has 0 spiro atoms. The molecule has 0 atom stereocenters. The van der Waals surface area contributed by atoms with E-state index in [1.165, 1.54) is 6.07 Å². The fraction of sp³-hybridized carbons (Fsp3) is 0.632. The van der Waals surface area contributed by atoms with Crippen LogP contribution in [0.2, 0.25) is 0 Å². The summed E-state index contributed by atoms with van der Waals surface area (Å²) in [4.78, 5) is 14.8. The number of anilines is 1. The van der Waals surface area contributed by atoms with Crippen LogP contribution in [-0.2, 0) is 9.47 Å². The van der Waals surface area contributed by atoms with Crippen LogP contribution in [0.25, 0.3) is 0 Å². The van der Waals surface area contributed by atoms with Gasteiger partial charge in [-0.15, -0.1) is 24.0 Å². The van der Waals surface area contributed by atoms with E-state index in [2.05, 4.69) is 20.9 Å². The molecule has 3 N–H and O–H groups in total. The van der Waals surface area contributed by atoms with Gasteiger partial charge in [-0.05, 0) is 31.2 Å². The van der Waals surface area contributed by atoms with E-state index in [4.69, 9.17) is 9.47 Å². The van der Waals surface area contributed by atoms with Crippen molar-refractivity contribution < 1.29 is 14.4 Å². The summed E-state index contributed by atoms with van der Waals surface area (Å²) in [6.45, 7) is 5.14. The summed E-state index contributed by atoms with van der Waals surface area (Å²) < 4.78 is 11.1. The summed E-state index contributed by atoms with van der Waals surface area (Å²) in [6.07, 6.45) is 3.09. The number of nitro benzene ring substituents is 1. The SMILES string of the molecule is CN=C(NCCCOCC1CCOCC1)NCCNc1ccccc1[N+](=O)[O-].I. The van der Waals surface area contributed by atoms with E-state index in [-0.39, 0.29) is 34.6 Å². The van der Waals surface area contributed by atoms with Gasteiger partial charge in [-0.3, -0.25) is 15.1 Å². The van der Waals surface area contributed by atoms with E-state index in [1.54, 1.807) is 25.2 Å². The molecule has 1 saturated heterocycles. The molecule has 9 nitrogen and oxygen atoms in total. The predicted octanol–water partition coefficient (Wildman–Crippen LogP) is 2.62. The standard InChI is InChI=1S/C19H31N5O4.HI/c1-20-19(22-9-4-12-28-15-16-7-13-27-14-8-16)23-11-10-21-17-5-2-3-6-18(17)24(25)26;/h2-3,5-6,16,21H,4,7-15H2,1H3,(H2,20,22,23);1H. The Kier molecular flexibility index (Phi) is 13.3. The van der Waals surface area contributed by atoms with Crippen LogP contribution in [0.3, 0.4) is 0 Å². The molecule has 1 aliphatic heterocycles. The second-order valence-corrected chi connectivity index (χ2v) is 6.61. The number of aliphatic imine (C=N–C) groups is 1. The molecular weight excluding hydrogens is 489 g/mol. The molecule has 10 heteroatoms. The summed E-state index contributed by atoms with van der Waals surface area (Å²) in [5.74, 6) is 1.33. The van der Waals surface area contributed by atoms with E-state index in [0.29, 0.717) is 30.7 Å². The van der Waals surface area contributed by atoms with Crippen molar-refractivity contribution in [1.29, 1.82) is 0 Å². The minimum Gasteiger partial charge on any atom is -0.381 e. The lowest BCUT2D eigenvalue weighted by molar-refractivity contribution is -0.384. The van der Waals surface area contributed by atoms with Crippen molar-refractivity contribution in [3.63, 3.8) is 0 Å². The lowest BCUT2D eigenvalue weighted by atomic mass is 10.0. The number of rotatable bonds is 11. The average molecular weight is 521 g/mol. The number of nitrogens with one attached hydrogen (secondary N) is 3. The molecule has 0 radical (unpaired) electrons. The van der Waals surface area contributed by atoms with Crippen LogP contribution in [0.5, 0.6) is 0 Å². The van der Waals surface area contributed by atoms with Crippen LogP contribution >= 0.6 is 24.0 Å². The molecule has 0 aromatic heterocycles. The molecule has 0 saturated carbocycles. The number of benzene rings is 1. The molecular formula is C19H32IN5O4. The molecule has 0 amide bonds. The highest BCUT2D eigenvalue weighted by Gasteiger charge is 2.13. The van der Waals surface area contributed by atoms with Gasteiger partial charge in [0.25, 0.3) is 5.69 Å². The highest BCUT2D eigenvalue weighted by Crippen LogP contribution is 2.22. The van der Waals surface area contributed by atoms with Crippen LogP contribution < -0.4 is 16.0 Å². The number of guanidine groups is 1. The lowest BCUT2D eigenvalue weighted by Crippen LogP contribution is -2.40. The molecule has 0 aliphatic carbocycles. The first-order chi connectivity index (χ1) is 13.7. The number of nitro groups is 1. The highest BCUT2D eigenvalue weighted by molar-refractivity contribution is 14.0. The number of hydrogen-bond donors (Lipinski definition) is 3. The quantitative estimate of drug-likeness (QED) is 0.103. The molecule has 1 heterocycles. The van der Waals surface area contributed by atoms with E-state index < -0.39 is 0 Å². The summed E-state index contributed by atoms with van der Waals surface area (Å²) in [5.41, 5.74) is 0.588. The third kappa shape index (κ3) is 10.1. The van der Waals surface area contributed by atoms with Gasteiger partial charge in [0.2, 0.25) is 0 Å². The Hall–Kier alpha value is -1.66. The Bertz CT molecular complexity index is 626. The van der Waals surface area contributed by atoms with Crippen molar-refractivity contribution >= 4 is 41.3 Å². The molecule has 0 bridgehead atoms. The Morgan fingerprint density at radius 1 is 1.24 bits per heavy atom. The van der Waals surface area contributed by atoms with Gasteiger partial charge in [0.05, 0.1) is 4.92 Å². The number of ether oxygens (including phenoxy) is 2. The smallest absolute Gasteiger partial charge is 0.292 e. The number of hydrogen-bond acceptors (Lipinski definition) is 6. The zero-order valence-corrected chi connectivity index (χ0v) is 19.2. The van der Waals surface area contributed by atoms with Crippen LogP contribution in [0, 0.1) is 16.0 Å². The van der Waals surface area contributed by atoms with Crippen LogP contribution in [-0.4, -0.2) is 64.0 Å². The summed E-state index contributed by atoms with van der Waals surface area (Å²) in [5, 5.41) is 20.5. The number of nitrogens with zero attached hydrogens (tertiary/aromatic N) is 2. The van der Waals surface area contributed by atoms with Gasteiger partial charge in [-0.2, -0.15) is 0 Å². The molecule has 1 fully saturated rings. The van der Waals surface area contributed by atoms with Gasteiger partial charge in [-0.25, -0.2) is 0 Å². The van der Waals surface area contributed by atoms with E-state index in [0.717, 1.165) is 52.2 Å². The Morgan fingerprint density at radius 2 is 1.97 bits per heavy atom. The van der Waals surface area contributed by atoms with Crippen molar-refractivity contribution in [3.05, 3.63) is 34.4 Å². The molecule has 164 valence electrons. The van der Waals surface area contributed by atoms with Gasteiger partial charge in [0.1, 0.15) is 5.69 Å². The molecule has 1 aromatic rings. The third-order valence-corrected chi connectivity index (χ3v) is 4.51. The van der Waals surface area contributed by atoms with Crippen LogP contribution in [0.4, 0.5) is 11.4 Å². The normalized spacial score (nSPS) is 14.7. The predicted molar refractivity (Wildman–Crippen MR) is 125 cm³/mol. The Balaban J connectivity index is 0.00000420. The van der Waals surface area contributed by atoms with Crippen LogP contribution in [0.15, 0.2) is 29.3 Å². The lowest BCUT2D eigenvalue weighted by Gasteiger charge is -2.21. The second-order valence-electron chi connectivity index (χ2n) is 6.61. The minimum absolute atomic E-state index is 0. The van der Waals surface area contributed by atoms with E-state index in [9.17, 15) is 10.1 Å². The average Bonchev–Trinajstić information content (AvgIpc) is 2.73. The first kappa shape index (κ1) is 25.4. The van der Waals surface area contributed by atoms with Crippen molar-refractivity contribution in [3.8, 4) is 0 Å². The topological polar surface area (TPSA) is 110 Å². The molecule has 1 aliphatic rings. The van der Waals surface area contributed by atoms with Crippen LogP contribution in [0.1, 0.15) is 19.3 Å². The monoisotopic (exact) mass is 521 g/mol. The maximum absolute atomic E-state index is 11.0. The highest BCUT2D eigenvalue weighted by atomic mass is 127.